The second-order valence-corrected chi connectivity index (χ2v) is 8.61. The summed E-state index contributed by atoms with van der Waals surface area (Å²) in [6.45, 7) is 5.09. The van der Waals surface area contributed by atoms with Crippen LogP contribution in [-0.4, -0.2) is 57.6 Å². The van der Waals surface area contributed by atoms with E-state index in [0.717, 1.165) is 4.57 Å². The fourth-order valence-electron chi connectivity index (χ4n) is 3.92. The van der Waals surface area contributed by atoms with Crippen LogP contribution in [0.5, 0.6) is 0 Å². The fraction of sp³-hybridized carbons (Fsp3) is 0.318. The molecule has 0 aliphatic carbocycles. The maximum atomic E-state index is 13.1. The van der Waals surface area contributed by atoms with E-state index in [1.807, 2.05) is 6.92 Å². The number of aromatic nitrogens is 8. The van der Waals surface area contributed by atoms with Gasteiger partial charge in [-0.1, -0.05) is 6.58 Å². The number of hydrogen-bond donors (Lipinski definition) is 1. The molecule has 1 saturated heterocycles. The molecule has 0 radical (unpaired) electrons. The van der Waals surface area contributed by atoms with Gasteiger partial charge < -0.3 is 14.8 Å². The van der Waals surface area contributed by atoms with E-state index in [1.54, 1.807) is 23.9 Å². The third-order valence-electron chi connectivity index (χ3n) is 6.06. The number of anilines is 2. The molecule has 1 fully saturated rings. The third kappa shape index (κ3) is 3.89. The zero-order valence-corrected chi connectivity index (χ0v) is 19.7. The van der Waals surface area contributed by atoms with E-state index in [0.29, 0.717) is 22.9 Å². The molecule has 36 heavy (non-hydrogen) atoms. The summed E-state index contributed by atoms with van der Waals surface area (Å²) < 4.78 is 30.2. The van der Waals surface area contributed by atoms with Crippen LogP contribution in [0.25, 0.3) is 22.6 Å². The number of halogens is 2. The normalized spacial score (nSPS) is 15.5. The minimum Gasteiger partial charge on any atom is -0.342 e. The van der Waals surface area contributed by atoms with Crippen molar-refractivity contribution in [2.45, 2.75) is 18.9 Å². The maximum Gasteiger partial charge on any atom is 0.332 e. The van der Waals surface area contributed by atoms with Gasteiger partial charge in [-0.05, 0) is 13.0 Å². The molecule has 0 bridgehead atoms. The van der Waals surface area contributed by atoms with E-state index in [-0.39, 0.29) is 17.1 Å². The topological polar surface area (TPSA) is 129 Å². The van der Waals surface area contributed by atoms with E-state index >= 15 is 0 Å². The molecule has 1 aliphatic heterocycles. The number of nitrogens with one attached hydrogen (secondary N) is 1. The van der Waals surface area contributed by atoms with Crippen molar-refractivity contribution in [2.24, 2.45) is 14.1 Å². The Kier molecular flexibility index (Phi) is 5.38. The van der Waals surface area contributed by atoms with Crippen molar-refractivity contribution < 1.29 is 8.78 Å². The highest BCUT2D eigenvalue weighted by Crippen LogP contribution is 2.30. The van der Waals surface area contributed by atoms with Gasteiger partial charge in [-0.15, -0.1) is 0 Å². The summed E-state index contributed by atoms with van der Waals surface area (Å²) >= 11 is 0. The molecule has 5 rings (SSSR count). The number of rotatable bonds is 6. The average Bonchev–Trinajstić information content (AvgIpc) is 3.30. The van der Waals surface area contributed by atoms with Crippen molar-refractivity contribution in [2.75, 3.05) is 23.3 Å². The Bertz CT molecular complexity index is 1600. The molecule has 14 heteroatoms. The molecular formula is C22H22F2N10O2. The van der Waals surface area contributed by atoms with Crippen molar-refractivity contribution in [3.63, 3.8) is 0 Å². The fourth-order valence-corrected chi connectivity index (χ4v) is 3.92. The first-order valence-corrected chi connectivity index (χ1v) is 10.9. The Labute approximate surface area is 202 Å². The summed E-state index contributed by atoms with van der Waals surface area (Å²) in [4.78, 5) is 47.6. The first kappa shape index (κ1) is 23.3. The summed E-state index contributed by atoms with van der Waals surface area (Å²) in [5, 5.41) is 3.12. The standard InChI is InChI=1S/C22H22F2N10O2/c1-12(13(2)34-11-28-18-16(34)19(35)32(4)21(36)31(18)3)29-15-5-6-25-17(30-15)14-7-26-20(27-8-14)33-9-22(23,24)10-33/h5-8,11,13H,1,9-10H2,2-4H3,(H,25,29,30)/t13-/m0/s1. The number of imidazole rings is 1. The zero-order chi connectivity index (χ0) is 25.8. The van der Waals surface area contributed by atoms with Crippen LogP contribution in [-0.2, 0) is 14.1 Å². The second-order valence-electron chi connectivity index (χ2n) is 8.61. The molecule has 4 aromatic rings. The lowest BCUT2D eigenvalue weighted by Gasteiger charge is -2.38. The van der Waals surface area contributed by atoms with Gasteiger partial charge in [0.05, 0.1) is 31.0 Å². The van der Waals surface area contributed by atoms with Gasteiger partial charge in [0.2, 0.25) is 5.95 Å². The van der Waals surface area contributed by atoms with Crippen molar-refractivity contribution >= 4 is 22.9 Å². The van der Waals surface area contributed by atoms with Crippen LogP contribution in [0.2, 0.25) is 0 Å². The van der Waals surface area contributed by atoms with Gasteiger partial charge in [0.15, 0.2) is 17.0 Å². The molecule has 0 aromatic carbocycles. The number of hydrogen-bond acceptors (Lipinski definition) is 9. The quantitative estimate of drug-likeness (QED) is 0.420. The van der Waals surface area contributed by atoms with Crippen LogP contribution < -0.4 is 21.5 Å². The van der Waals surface area contributed by atoms with Gasteiger partial charge in [-0.2, -0.15) is 0 Å². The highest BCUT2D eigenvalue weighted by molar-refractivity contribution is 5.70. The molecule has 1 aliphatic rings. The average molecular weight is 496 g/mol. The van der Waals surface area contributed by atoms with E-state index in [2.05, 4.69) is 36.8 Å². The van der Waals surface area contributed by atoms with Crippen molar-refractivity contribution in [3.8, 4) is 11.4 Å². The predicted molar refractivity (Wildman–Crippen MR) is 128 cm³/mol. The van der Waals surface area contributed by atoms with Crippen LogP contribution >= 0.6 is 0 Å². The van der Waals surface area contributed by atoms with Crippen LogP contribution in [0.15, 0.2) is 52.8 Å². The number of allylic oxidation sites excluding steroid dienone is 1. The lowest BCUT2D eigenvalue weighted by molar-refractivity contribution is -0.0271. The molecule has 0 saturated carbocycles. The molecule has 5 heterocycles. The largest absolute Gasteiger partial charge is 0.342 e. The lowest BCUT2D eigenvalue weighted by Crippen LogP contribution is -2.57. The molecule has 0 amide bonds. The van der Waals surface area contributed by atoms with Crippen molar-refractivity contribution in [3.05, 3.63) is 64.1 Å². The predicted octanol–water partition coefficient (Wildman–Crippen LogP) is 1.32. The minimum atomic E-state index is -2.71. The highest BCUT2D eigenvalue weighted by atomic mass is 19.3. The van der Waals surface area contributed by atoms with Crippen LogP contribution in [0, 0.1) is 0 Å². The van der Waals surface area contributed by atoms with Gasteiger partial charge in [-0.3, -0.25) is 13.9 Å². The lowest BCUT2D eigenvalue weighted by atomic mass is 10.2. The number of fused-ring (bicyclic) bond motifs is 1. The molecule has 0 spiro atoms. The summed E-state index contributed by atoms with van der Waals surface area (Å²) in [6, 6.07) is 1.23. The van der Waals surface area contributed by atoms with E-state index in [9.17, 15) is 18.4 Å². The van der Waals surface area contributed by atoms with E-state index < -0.39 is 36.3 Å². The van der Waals surface area contributed by atoms with E-state index in [1.165, 1.54) is 35.2 Å². The van der Waals surface area contributed by atoms with Gasteiger partial charge in [0.25, 0.3) is 11.5 Å². The molecular weight excluding hydrogens is 474 g/mol. The monoisotopic (exact) mass is 496 g/mol. The number of nitrogens with zero attached hydrogens (tertiary/aromatic N) is 9. The van der Waals surface area contributed by atoms with Crippen molar-refractivity contribution in [1.29, 1.82) is 0 Å². The van der Waals surface area contributed by atoms with Crippen LogP contribution in [0.1, 0.15) is 13.0 Å². The van der Waals surface area contributed by atoms with E-state index in [4.69, 9.17) is 0 Å². The summed E-state index contributed by atoms with van der Waals surface area (Å²) in [6.07, 6.45) is 5.99. The van der Waals surface area contributed by atoms with Crippen LogP contribution in [0.3, 0.4) is 0 Å². The Morgan fingerprint density at radius 1 is 1.11 bits per heavy atom. The molecule has 1 N–H and O–H groups in total. The Morgan fingerprint density at radius 3 is 2.47 bits per heavy atom. The zero-order valence-electron chi connectivity index (χ0n) is 19.7. The van der Waals surface area contributed by atoms with Crippen LogP contribution in [0.4, 0.5) is 20.5 Å². The third-order valence-corrected chi connectivity index (χ3v) is 6.06. The molecule has 12 nitrogen and oxygen atoms in total. The molecule has 0 unspecified atom stereocenters. The first-order valence-electron chi connectivity index (χ1n) is 10.9. The first-order chi connectivity index (χ1) is 17.1. The molecule has 4 aromatic heterocycles. The summed E-state index contributed by atoms with van der Waals surface area (Å²) in [5.41, 5.74) is 0.655. The smallest absolute Gasteiger partial charge is 0.332 e. The maximum absolute atomic E-state index is 13.1. The second kappa shape index (κ2) is 8.32. The summed E-state index contributed by atoms with van der Waals surface area (Å²) in [7, 11) is 2.97. The van der Waals surface area contributed by atoms with Gasteiger partial charge in [0.1, 0.15) is 5.82 Å². The van der Waals surface area contributed by atoms with Crippen molar-refractivity contribution in [1.82, 2.24) is 38.6 Å². The number of alkyl halides is 2. The molecule has 186 valence electrons. The van der Waals surface area contributed by atoms with Gasteiger partial charge >= 0.3 is 5.69 Å². The van der Waals surface area contributed by atoms with Gasteiger partial charge in [-0.25, -0.2) is 38.5 Å². The van der Waals surface area contributed by atoms with Gasteiger partial charge in [0, 0.05) is 38.4 Å². The Morgan fingerprint density at radius 2 is 1.81 bits per heavy atom. The summed E-state index contributed by atoms with van der Waals surface area (Å²) in [5.74, 6) is -1.72. The Balaban J connectivity index is 1.35. The minimum absolute atomic E-state index is 0.220. The highest BCUT2D eigenvalue weighted by Gasteiger charge is 2.45. The number of aryl methyl sites for hydroxylation is 1. The molecule has 1 atom stereocenters. The SMILES string of the molecule is C=C(Nc1ccnc(-c2cnc(N3CC(F)(F)C3)nc2)n1)[C@H](C)n1cnc2c1c(=O)n(C)c(=O)n2C. The Hall–Kier alpha value is -4.49.